The molecule has 0 spiro atoms. The number of fused-ring (bicyclic) bond motifs is 3. The van der Waals surface area contributed by atoms with Crippen LogP contribution in [0.25, 0.3) is 10.2 Å². The Bertz CT molecular complexity index is 1210. The van der Waals surface area contributed by atoms with Crippen LogP contribution in [0.1, 0.15) is 59.1 Å². The Kier molecular flexibility index (Phi) is 5.87. The number of rotatable bonds is 5. The molecule has 0 saturated carbocycles. The van der Waals surface area contributed by atoms with E-state index < -0.39 is 5.41 Å². The molecule has 1 amide bonds. The van der Waals surface area contributed by atoms with Gasteiger partial charge in [-0.15, -0.1) is 22.7 Å². The molecule has 3 aromatic heterocycles. The summed E-state index contributed by atoms with van der Waals surface area (Å²) in [4.78, 5) is 46.0. The molecule has 3 heterocycles. The summed E-state index contributed by atoms with van der Waals surface area (Å²) >= 11 is 2.96. The Morgan fingerprint density at radius 2 is 2.03 bits per heavy atom. The Labute approximate surface area is 189 Å². The third-order valence-corrected chi connectivity index (χ3v) is 7.93. The second-order valence-corrected chi connectivity index (χ2v) is 11.6. The zero-order chi connectivity index (χ0) is 22.3. The third kappa shape index (κ3) is 4.50. The van der Waals surface area contributed by atoms with Crippen molar-refractivity contribution < 1.29 is 9.59 Å². The molecule has 0 saturated heterocycles. The summed E-state index contributed by atoms with van der Waals surface area (Å²) in [5.41, 5.74) is 0.548. The van der Waals surface area contributed by atoms with E-state index in [-0.39, 0.29) is 23.8 Å². The quantitative estimate of drug-likeness (QED) is 0.583. The van der Waals surface area contributed by atoms with Gasteiger partial charge in [0.15, 0.2) is 5.78 Å². The summed E-state index contributed by atoms with van der Waals surface area (Å²) in [7, 11) is 0. The number of aromatic nitrogens is 2. The minimum atomic E-state index is -0.457. The molecule has 0 bridgehead atoms. The first-order valence-corrected chi connectivity index (χ1v) is 12.2. The fourth-order valence-corrected chi connectivity index (χ4v) is 5.98. The molecule has 0 radical (unpaired) electrons. The van der Waals surface area contributed by atoms with E-state index >= 15 is 0 Å². The number of ketones is 1. The van der Waals surface area contributed by atoms with Gasteiger partial charge in [0, 0.05) is 15.2 Å². The van der Waals surface area contributed by atoms with Crippen molar-refractivity contribution in [1.29, 1.82) is 0 Å². The minimum absolute atomic E-state index is 0.0307. The van der Waals surface area contributed by atoms with Gasteiger partial charge in [0.2, 0.25) is 5.91 Å². The standard InChI is InChI=1S/C23H27N3O3S2/c1-13-5-7-15-18(9-13)31-20-19(15)21(28)26(12-25-20)11-16(27)17-8-6-14(30-17)10-24-22(29)23(2,3)4/h6,8,12-13H,5,7,9-11H2,1-4H3,(H,24,29). The highest BCUT2D eigenvalue weighted by molar-refractivity contribution is 7.18. The van der Waals surface area contributed by atoms with Crippen molar-refractivity contribution in [3.8, 4) is 0 Å². The Balaban J connectivity index is 1.50. The van der Waals surface area contributed by atoms with Crippen LogP contribution in [0, 0.1) is 11.3 Å². The van der Waals surface area contributed by atoms with Gasteiger partial charge in [-0.1, -0.05) is 27.7 Å². The smallest absolute Gasteiger partial charge is 0.262 e. The predicted molar refractivity (Wildman–Crippen MR) is 125 cm³/mol. The second-order valence-electron chi connectivity index (χ2n) is 9.33. The van der Waals surface area contributed by atoms with E-state index in [1.807, 2.05) is 26.8 Å². The molecule has 0 aliphatic heterocycles. The number of aryl methyl sites for hydroxylation is 1. The zero-order valence-corrected chi connectivity index (χ0v) is 19.9. The molecular formula is C23H27N3O3S2. The summed E-state index contributed by atoms with van der Waals surface area (Å²) < 4.78 is 1.43. The third-order valence-electron chi connectivity index (χ3n) is 5.64. The number of hydrogen-bond donors (Lipinski definition) is 1. The lowest BCUT2D eigenvalue weighted by Crippen LogP contribution is -2.34. The summed E-state index contributed by atoms with van der Waals surface area (Å²) in [6.07, 6.45) is 4.47. The van der Waals surface area contributed by atoms with E-state index in [2.05, 4.69) is 17.2 Å². The van der Waals surface area contributed by atoms with Gasteiger partial charge in [-0.2, -0.15) is 0 Å². The van der Waals surface area contributed by atoms with Crippen molar-refractivity contribution in [2.24, 2.45) is 11.3 Å². The fourth-order valence-electron chi connectivity index (χ4n) is 3.77. The van der Waals surface area contributed by atoms with Crippen LogP contribution in [-0.4, -0.2) is 21.2 Å². The van der Waals surface area contributed by atoms with E-state index in [1.165, 1.54) is 27.1 Å². The van der Waals surface area contributed by atoms with Gasteiger partial charge in [-0.3, -0.25) is 19.0 Å². The SMILES string of the molecule is CC1CCc2c(sc3ncn(CC(=O)c4ccc(CNC(=O)C(C)(C)C)s4)c(=O)c23)C1. The van der Waals surface area contributed by atoms with Crippen LogP contribution in [0.3, 0.4) is 0 Å². The lowest BCUT2D eigenvalue weighted by Gasteiger charge is -2.17. The Morgan fingerprint density at radius 1 is 1.26 bits per heavy atom. The summed E-state index contributed by atoms with van der Waals surface area (Å²) in [5.74, 6) is 0.470. The number of Topliss-reactive ketones (excluding diaryl/α,β-unsaturated/α-hetero) is 1. The molecule has 1 unspecified atom stereocenters. The minimum Gasteiger partial charge on any atom is -0.351 e. The summed E-state index contributed by atoms with van der Waals surface area (Å²) in [5, 5.41) is 3.59. The topological polar surface area (TPSA) is 81.1 Å². The van der Waals surface area contributed by atoms with E-state index in [1.54, 1.807) is 17.4 Å². The highest BCUT2D eigenvalue weighted by Gasteiger charge is 2.24. The normalized spacial score (nSPS) is 16.3. The summed E-state index contributed by atoms with van der Waals surface area (Å²) in [6.45, 7) is 8.18. The van der Waals surface area contributed by atoms with E-state index in [0.717, 1.165) is 34.5 Å². The van der Waals surface area contributed by atoms with Crippen molar-refractivity contribution >= 4 is 44.6 Å². The molecule has 1 aliphatic carbocycles. The number of nitrogens with zero attached hydrogens (tertiary/aromatic N) is 2. The van der Waals surface area contributed by atoms with Gasteiger partial charge in [0.1, 0.15) is 4.83 Å². The average molecular weight is 458 g/mol. The van der Waals surface area contributed by atoms with Crippen molar-refractivity contribution in [3.05, 3.63) is 49.0 Å². The highest BCUT2D eigenvalue weighted by atomic mass is 32.1. The molecule has 1 aliphatic rings. The van der Waals surface area contributed by atoms with Crippen LogP contribution in [0.5, 0.6) is 0 Å². The first-order chi connectivity index (χ1) is 14.6. The van der Waals surface area contributed by atoms with Crippen LogP contribution in [0.15, 0.2) is 23.3 Å². The van der Waals surface area contributed by atoms with E-state index in [4.69, 9.17) is 0 Å². The first-order valence-electron chi connectivity index (χ1n) is 10.5. The van der Waals surface area contributed by atoms with Gasteiger partial charge >= 0.3 is 0 Å². The van der Waals surface area contributed by atoms with Crippen molar-refractivity contribution in [2.75, 3.05) is 0 Å². The monoisotopic (exact) mass is 457 g/mol. The van der Waals surface area contributed by atoms with Crippen molar-refractivity contribution in [3.63, 3.8) is 0 Å². The van der Waals surface area contributed by atoms with Crippen LogP contribution in [0.4, 0.5) is 0 Å². The van der Waals surface area contributed by atoms with Crippen LogP contribution >= 0.6 is 22.7 Å². The summed E-state index contributed by atoms with van der Waals surface area (Å²) in [6, 6.07) is 3.61. The molecular weight excluding hydrogens is 430 g/mol. The van der Waals surface area contributed by atoms with Crippen LogP contribution < -0.4 is 10.9 Å². The maximum Gasteiger partial charge on any atom is 0.262 e. The number of thiophene rings is 2. The zero-order valence-electron chi connectivity index (χ0n) is 18.3. The maximum absolute atomic E-state index is 13.1. The van der Waals surface area contributed by atoms with E-state index in [9.17, 15) is 14.4 Å². The van der Waals surface area contributed by atoms with Crippen LogP contribution in [-0.2, 0) is 30.7 Å². The van der Waals surface area contributed by atoms with Gasteiger partial charge < -0.3 is 5.32 Å². The average Bonchev–Trinajstić information content (AvgIpc) is 3.31. The highest BCUT2D eigenvalue weighted by Crippen LogP contribution is 2.35. The molecule has 0 fully saturated rings. The van der Waals surface area contributed by atoms with Gasteiger partial charge in [-0.05, 0) is 42.9 Å². The molecule has 6 nitrogen and oxygen atoms in total. The molecule has 8 heteroatoms. The Hall–Kier alpha value is -2.32. The predicted octanol–water partition coefficient (Wildman–Crippen LogP) is 4.19. The van der Waals surface area contributed by atoms with Gasteiger partial charge in [0.05, 0.1) is 29.7 Å². The molecule has 1 N–H and O–H groups in total. The van der Waals surface area contributed by atoms with Gasteiger partial charge in [0.25, 0.3) is 5.56 Å². The second kappa shape index (κ2) is 8.31. The van der Waals surface area contributed by atoms with Crippen molar-refractivity contribution in [1.82, 2.24) is 14.9 Å². The molecule has 1 atom stereocenters. The van der Waals surface area contributed by atoms with Crippen molar-refractivity contribution in [2.45, 2.75) is 60.0 Å². The fraction of sp³-hybridized carbons (Fsp3) is 0.478. The number of nitrogens with one attached hydrogen (secondary N) is 1. The molecule has 164 valence electrons. The number of carbonyl (C=O) groups excluding carboxylic acids is 2. The first kappa shape index (κ1) is 21.9. The molecule has 31 heavy (non-hydrogen) atoms. The number of hydrogen-bond acceptors (Lipinski definition) is 6. The number of amides is 1. The molecule has 3 aromatic rings. The van der Waals surface area contributed by atoms with Crippen LogP contribution in [0.2, 0.25) is 0 Å². The number of carbonyl (C=O) groups is 2. The molecule has 4 rings (SSSR count). The Morgan fingerprint density at radius 3 is 2.77 bits per heavy atom. The lowest BCUT2D eigenvalue weighted by molar-refractivity contribution is -0.128. The lowest BCUT2D eigenvalue weighted by atomic mass is 9.89. The largest absolute Gasteiger partial charge is 0.351 e. The maximum atomic E-state index is 13.1. The van der Waals surface area contributed by atoms with Gasteiger partial charge in [-0.25, -0.2) is 4.98 Å². The van der Waals surface area contributed by atoms with E-state index in [0.29, 0.717) is 22.7 Å². The molecule has 0 aromatic carbocycles.